The van der Waals surface area contributed by atoms with Crippen molar-refractivity contribution in [2.75, 3.05) is 18.0 Å². The molecule has 0 radical (unpaired) electrons. The average molecular weight is 266 g/mol. The Kier molecular flexibility index (Phi) is 3.27. The Bertz CT molecular complexity index is 396. The highest BCUT2D eigenvalue weighted by Gasteiger charge is 2.35. The topological polar surface area (TPSA) is 3.24 Å². The van der Waals surface area contributed by atoms with Crippen LogP contribution in [0.5, 0.6) is 0 Å². The van der Waals surface area contributed by atoms with Gasteiger partial charge in [-0.05, 0) is 24.6 Å². The van der Waals surface area contributed by atoms with Gasteiger partial charge in [-0.15, -0.1) is 0 Å². The van der Waals surface area contributed by atoms with E-state index < -0.39 is 5.92 Å². The molecule has 0 amide bonds. The van der Waals surface area contributed by atoms with Crippen LogP contribution in [0, 0.1) is 0 Å². The standard InChI is InChI=1S/C11H11Cl2F2N/c12-8-2-3-10(9(13)6-8)16-5-1-4-11(14,15)7-16/h2-3,6H,1,4-5,7H2. The lowest BCUT2D eigenvalue weighted by Gasteiger charge is -2.34. The molecule has 1 aliphatic rings. The van der Waals surface area contributed by atoms with E-state index in [9.17, 15) is 8.78 Å². The third kappa shape index (κ3) is 2.58. The molecule has 1 fully saturated rings. The molecule has 2 rings (SSSR count). The third-order valence-electron chi connectivity index (χ3n) is 2.64. The van der Waals surface area contributed by atoms with E-state index in [1.165, 1.54) is 0 Å². The first-order valence-electron chi connectivity index (χ1n) is 5.06. The molecule has 0 saturated carbocycles. The van der Waals surface area contributed by atoms with E-state index in [1.807, 2.05) is 0 Å². The Morgan fingerprint density at radius 3 is 2.62 bits per heavy atom. The molecular weight excluding hydrogens is 255 g/mol. The van der Waals surface area contributed by atoms with Gasteiger partial charge in [-0.3, -0.25) is 0 Å². The molecule has 0 unspecified atom stereocenters. The number of benzene rings is 1. The van der Waals surface area contributed by atoms with Crippen LogP contribution in [0.1, 0.15) is 12.8 Å². The third-order valence-corrected chi connectivity index (χ3v) is 3.18. The van der Waals surface area contributed by atoms with Gasteiger partial charge in [0, 0.05) is 18.0 Å². The first kappa shape index (κ1) is 11.9. The lowest BCUT2D eigenvalue weighted by Crippen LogP contribution is -2.42. The molecule has 1 aromatic rings. The van der Waals surface area contributed by atoms with Crippen molar-refractivity contribution < 1.29 is 8.78 Å². The van der Waals surface area contributed by atoms with Crippen molar-refractivity contribution in [3.63, 3.8) is 0 Å². The zero-order valence-corrected chi connectivity index (χ0v) is 10.0. The summed E-state index contributed by atoms with van der Waals surface area (Å²) in [6.07, 6.45) is 0.431. The minimum Gasteiger partial charge on any atom is -0.364 e. The van der Waals surface area contributed by atoms with E-state index in [1.54, 1.807) is 23.1 Å². The minimum atomic E-state index is -2.62. The highest BCUT2D eigenvalue weighted by molar-refractivity contribution is 6.36. The van der Waals surface area contributed by atoms with Crippen molar-refractivity contribution in [1.29, 1.82) is 0 Å². The first-order chi connectivity index (χ1) is 7.48. The van der Waals surface area contributed by atoms with Crippen LogP contribution in [0.25, 0.3) is 0 Å². The van der Waals surface area contributed by atoms with E-state index in [0.29, 0.717) is 28.7 Å². The van der Waals surface area contributed by atoms with E-state index >= 15 is 0 Å². The summed E-state index contributed by atoms with van der Waals surface area (Å²) in [6.45, 7) is 0.339. The fraction of sp³-hybridized carbons (Fsp3) is 0.455. The molecule has 5 heteroatoms. The Balaban J connectivity index is 2.23. The van der Waals surface area contributed by atoms with Crippen LogP contribution >= 0.6 is 23.2 Å². The average Bonchev–Trinajstić information content (AvgIpc) is 2.15. The fourth-order valence-corrected chi connectivity index (χ4v) is 2.44. The molecule has 1 aromatic carbocycles. The van der Waals surface area contributed by atoms with Gasteiger partial charge in [0.1, 0.15) is 0 Å². The molecule has 1 saturated heterocycles. The predicted molar refractivity (Wildman–Crippen MR) is 62.9 cm³/mol. The van der Waals surface area contributed by atoms with Gasteiger partial charge in [-0.25, -0.2) is 8.78 Å². The molecule has 0 atom stereocenters. The highest BCUT2D eigenvalue weighted by Crippen LogP contribution is 2.34. The largest absolute Gasteiger partial charge is 0.364 e. The van der Waals surface area contributed by atoms with E-state index in [2.05, 4.69) is 0 Å². The molecule has 0 aromatic heterocycles. The summed E-state index contributed by atoms with van der Waals surface area (Å²) in [5, 5.41) is 0.933. The van der Waals surface area contributed by atoms with Crippen molar-refractivity contribution >= 4 is 28.9 Å². The number of nitrogens with zero attached hydrogens (tertiary/aromatic N) is 1. The summed E-state index contributed by atoms with van der Waals surface area (Å²) < 4.78 is 26.5. The predicted octanol–water partition coefficient (Wildman–Crippen LogP) is 4.23. The maximum atomic E-state index is 13.2. The quantitative estimate of drug-likeness (QED) is 0.735. The smallest absolute Gasteiger partial charge is 0.265 e. The van der Waals surface area contributed by atoms with Crippen molar-refractivity contribution in [2.45, 2.75) is 18.8 Å². The SMILES string of the molecule is FC1(F)CCCN(c2ccc(Cl)cc2Cl)C1. The van der Waals surface area contributed by atoms with Gasteiger partial charge in [0.25, 0.3) is 5.92 Å². The second-order valence-electron chi connectivity index (χ2n) is 3.98. The monoisotopic (exact) mass is 265 g/mol. The summed E-state index contributed by atoms with van der Waals surface area (Å²) in [6, 6.07) is 4.92. The molecule has 0 N–H and O–H groups in total. The van der Waals surface area contributed by atoms with Crippen molar-refractivity contribution in [1.82, 2.24) is 0 Å². The zero-order chi connectivity index (χ0) is 11.8. The number of piperidine rings is 1. The van der Waals surface area contributed by atoms with Gasteiger partial charge in [0.2, 0.25) is 0 Å². The van der Waals surface area contributed by atoms with E-state index in [-0.39, 0.29) is 13.0 Å². The van der Waals surface area contributed by atoms with Crippen LogP contribution in [0.2, 0.25) is 10.0 Å². The van der Waals surface area contributed by atoms with Gasteiger partial charge in [-0.1, -0.05) is 23.2 Å². The van der Waals surface area contributed by atoms with Gasteiger partial charge in [-0.2, -0.15) is 0 Å². The zero-order valence-electron chi connectivity index (χ0n) is 8.52. The summed E-state index contributed by atoms with van der Waals surface area (Å²) >= 11 is 11.7. The van der Waals surface area contributed by atoms with Gasteiger partial charge in [0.05, 0.1) is 17.3 Å². The van der Waals surface area contributed by atoms with Crippen molar-refractivity contribution in [2.24, 2.45) is 0 Å². The summed E-state index contributed by atoms with van der Waals surface area (Å²) in [7, 11) is 0. The van der Waals surface area contributed by atoms with Crippen LogP contribution in [0.3, 0.4) is 0 Å². The summed E-state index contributed by atoms with van der Waals surface area (Å²) in [5.41, 5.74) is 0.630. The Labute approximate surface area is 103 Å². The second kappa shape index (κ2) is 4.38. The number of rotatable bonds is 1. The molecule has 0 spiro atoms. The maximum absolute atomic E-state index is 13.2. The number of hydrogen-bond acceptors (Lipinski definition) is 1. The van der Waals surface area contributed by atoms with Crippen molar-refractivity contribution in [3.05, 3.63) is 28.2 Å². The second-order valence-corrected chi connectivity index (χ2v) is 4.82. The van der Waals surface area contributed by atoms with Crippen LogP contribution in [0.4, 0.5) is 14.5 Å². The number of alkyl halides is 2. The van der Waals surface area contributed by atoms with Crippen LogP contribution in [-0.4, -0.2) is 19.0 Å². The molecule has 1 nitrogen and oxygen atoms in total. The van der Waals surface area contributed by atoms with E-state index in [4.69, 9.17) is 23.2 Å². The lowest BCUT2D eigenvalue weighted by atomic mass is 10.1. The molecule has 0 bridgehead atoms. The minimum absolute atomic E-state index is 0.0469. The summed E-state index contributed by atoms with van der Waals surface area (Å²) in [5.74, 6) is -2.62. The number of hydrogen-bond donors (Lipinski definition) is 0. The molecule has 88 valence electrons. The van der Waals surface area contributed by atoms with Crippen molar-refractivity contribution in [3.8, 4) is 0 Å². The van der Waals surface area contributed by atoms with Crippen LogP contribution in [0.15, 0.2) is 18.2 Å². The maximum Gasteiger partial charge on any atom is 0.265 e. The molecule has 1 heterocycles. The Hall–Kier alpha value is -0.540. The molecule has 0 aliphatic carbocycles. The number of anilines is 1. The number of halogens is 4. The van der Waals surface area contributed by atoms with Gasteiger partial charge < -0.3 is 4.90 Å². The molecule has 16 heavy (non-hydrogen) atoms. The van der Waals surface area contributed by atoms with Gasteiger partial charge in [0.15, 0.2) is 0 Å². The van der Waals surface area contributed by atoms with Crippen LogP contribution in [-0.2, 0) is 0 Å². The normalized spacial score (nSPS) is 19.9. The van der Waals surface area contributed by atoms with Gasteiger partial charge >= 0.3 is 0 Å². The Morgan fingerprint density at radius 2 is 2.00 bits per heavy atom. The fourth-order valence-electron chi connectivity index (χ4n) is 1.91. The lowest BCUT2D eigenvalue weighted by molar-refractivity contribution is -0.0116. The Morgan fingerprint density at radius 1 is 1.25 bits per heavy atom. The molecular formula is C11H11Cl2F2N. The summed E-state index contributed by atoms with van der Waals surface area (Å²) in [4.78, 5) is 1.61. The first-order valence-corrected chi connectivity index (χ1v) is 5.81. The highest BCUT2D eigenvalue weighted by atomic mass is 35.5. The van der Waals surface area contributed by atoms with Crippen LogP contribution < -0.4 is 4.90 Å². The van der Waals surface area contributed by atoms with E-state index in [0.717, 1.165) is 0 Å². The molecule has 1 aliphatic heterocycles.